The Morgan fingerprint density at radius 2 is 1.00 bits per heavy atom. The highest BCUT2D eigenvalue weighted by molar-refractivity contribution is 5.89. The van der Waals surface area contributed by atoms with Crippen LogP contribution in [0.15, 0.2) is 109 Å². The van der Waals surface area contributed by atoms with Crippen molar-refractivity contribution in [2.24, 2.45) is 5.92 Å². The third-order valence-corrected chi connectivity index (χ3v) is 7.70. The minimum atomic E-state index is -0.298. The van der Waals surface area contributed by atoms with Crippen LogP contribution in [0, 0.1) is 5.92 Å². The molecule has 1 aliphatic rings. The van der Waals surface area contributed by atoms with Crippen molar-refractivity contribution in [3.63, 3.8) is 0 Å². The van der Waals surface area contributed by atoms with Crippen LogP contribution in [0.5, 0.6) is 5.75 Å². The summed E-state index contributed by atoms with van der Waals surface area (Å²) in [5.74, 6) is -0.0910. The molecule has 0 atom stereocenters. The maximum Gasteiger partial charge on any atom is 0.338 e. The molecule has 0 bridgehead atoms. The first-order valence-electron chi connectivity index (χ1n) is 14.3. The number of rotatable bonds is 10. The summed E-state index contributed by atoms with van der Waals surface area (Å²) in [6.07, 6.45) is 6.30. The van der Waals surface area contributed by atoms with E-state index < -0.39 is 0 Å². The molecule has 1 fully saturated rings. The normalized spacial score (nSPS) is 16.7. The van der Waals surface area contributed by atoms with Gasteiger partial charge in [0.2, 0.25) is 0 Å². The Hall–Kier alpha value is -4.18. The first-order chi connectivity index (χ1) is 19.6. The van der Waals surface area contributed by atoms with Gasteiger partial charge in [0.15, 0.2) is 0 Å². The molecule has 0 amide bonds. The van der Waals surface area contributed by atoms with Gasteiger partial charge in [-0.3, -0.25) is 4.79 Å². The summed E-state index contributed by atoms with van der Waals surface area (Å²) in [4.78, 5) is 25.5. The van der Waals surface area contributed by atoms with Crippen molar-refractivity contribution in [3.05, 3.63) is 137 Å². The fourth-order valence-corrected chi connectivity index (χ4v) is 5.23. The van der Waals surface area contributed by atoms with Crippen LogP contribution in [0.25, 0.3) is 0 Å². The first kappa shape index (κ1) is 27.4. The molecule has 4 aromatic carbocycles. The highest BCUT2D eigenvalue weighted by Gasteiger charge is 2.29. The molecule has 5 rings (SSSR count). The summed E-state index contributed by atoms with van der Waals surface area (Å²) in [5, 5.41) is 0. The van der Waals surface area contributed by atoms with Crippen molar-refractivity contribution in [2.75, 3.05) is 0 Å². The third kappa shape index (κ3) is 7.92. The van der Waals surface area contributed by atoms with Crippen molar-refractivity contribution in [1.82, 2.24) is 0 Å². The molecule has 0 aromatic heterocycles. The molecule has 1 aliphatic carbocycles. The van der Waals surface area contributed by atoms with Crippen molar-refractivity contribution in [2.45, 2.75) is 57.5 Å². The van der Waals surface area contributed by atoms with Gasteiger partial charge in [0, 0.05) is 0 Å². The van der Waals surface area contributed by atoms with E-state index in [4.69, 9.17) is 9.47 Å². The predicted octanol–water partition coefficient (Wildman–Crippen LogP) is 7.58. The van der Waals surface area contributed by atoms with Crippen LogP contribution < -0.4 is 4.74 Å². The first-order valence-corrected chi connectivity index (χ1v) is 14.3. The Bertz CT molecular complexity index is 1350. The summed E-state index contributed by atoms with van der Waals surface area (Å²) < 4.78 is 11.4. The molecule has 0 saturated heterocycles. The number of ether oxygens (including phenoxy) is 2. The van der Waals surface area contributed by atoms with Gasteiger partial charge >= 0.3 is 11.9 Å². The van der Waals surface area contributed by atoms with E-state index in [9.17, 15) is 9.59 Å². The molecule has 0 unspecified atom stereocenters. The van der Waals surface area contributed by atoms with Gasteiger partial charge in [-0.2, -0.15) is 0 Å². The maximum atomic E-state index is 12.8. The number of esters is 2. The van der Waals surface area contributed by atoms with Gasteiger partial charge in [-0.15, -0.1) is 0 Å². The zero-order chi connectivity index (χ0) is 27.6. The zero-order valence-electron chi connectivity index (χ0n) is 22.8. The monoisotopic (exact) mass is 532 g/mol. The molecule has 204 valence electrons. The van der Waals surface area contributed by atoms with Crippen molar-refractivity contribution < 1.29 is 19.1 Å². The Labute approximate surface area is 237 Å². The lowest BCUT2D eigenvalue weighted by atomic mass is 9.87. The second kappa shape index (κ2) is 13.7. The Kier molecular flexibility index (Phi) is 9.41. The fourth-order valence-electron chi connectivity index (χ4n) is 5.23. The number of hydrogen-bond acceptors (Lipinski definition) is 4. The number of hydrogen-bond donors (Lipinski definition) is 0. The largest absolute Gasteiger partial charge is 0.459 e. The van der Waals surface area contributed by atoms with E-state index in [1.165, 1.54) is 22.3 Å². The van der Waals surface area contributed by atoms with Crippen LogP contribution in [0.3, 0.4) is 0 Å². The average Bonchev–Trinajstić information content (AvgIpc) is 3.01. The van der Waals surface area contributed by atoms with Gasteiger partial charge in [0.05, 0.1) is 11.5 Å². The molecule has 0 N–H and O–H groups in total. The molecule has 0 radical (unpaired) electrons. The van der Waals surface area contributed by atoms with Crippen LogP contribution in [0.2, 0.25) is 0 Å². The Morgan fingerprint density at radius 3 is 1.50 bits per heavy atom. The summed E-state index contributed by atoms with van der Waals surface area (Å²) in [6, 6.07) is 36.3. The summed E-state index contributed by atoms with van der Waals surface area (Å²) in [6.45, 7) is 0. The van der Waals surface area contributed by atoms with E-state index in [0.717, 1.165) is 25.7 Å². The summed E-state index contributed by atoms with van der Waals surface area (Å²) in [5.41, 5.74) is 5.59. The molecular formula is C36H36O4. The van der Waals surface area contributed by atoms with Gasteiger partial charge in [0.25, 0.3) is 0 Å². The molecule has 0 aliphatic heterocycles. The number of benzene rings is 4. The minimum Gasteiger partial charge on any atom is -0.459 e. The second-order valence-electron chi connectivity index (χ2n) is 10.6. The summed E-state index contributed by atoms with van der Waals surface area (Å²) >= 11 is 0. The van der Waals surface area contributed by atoms with Crippen LogP contribution >= 0.6 is 0 Å². The lowest BCUT2D eigenvalue weighted by Crippen LogP contribution is -2.30. The van der Waals surface area contributed by atoms with Gasteiger partial charge in [-0.25, -0.2) is 4.79 Å². The van der Waals surface area contributed by atoms with E-state index in [2.05, 4.69) is 48.5 Å². The van der Waals surface area contributed by atoms with E-state index in [0.29, 0.717) is 37.0 Å². The highest BCUT2D eigenvalue weighted by Crippen LogP contribution is 2.29. The zero-order valence-corrected chi connectivity index (χ0v) is 22.8. The number of carbonyl (C=O) groups excluding carboxylic acids is 2. The topological polar surface area (TPSA) is 52.6 Å². The van der Waals surface area contributed by atoms with Crippen LogP contribution in [-0.4, -0.2) is 18.0 Å². The van der Waals surface area contributed by atoms with Crippen LogP contribution in [-0.2, 0) is 35.2 Å². The molecule has 4 aromatic rings. The van der Waals surface area contributed by atoms with Gasteiger partial charge in [-0.05, 0) is 97.9 Å². The SMILES string of the molecule is O=C(OC1CCC(C(=O)Oc2ccc(CCc3ccccc3)cc2)CC1)c1ccc(CCc2ccccc2)cc1. The van der Waals surface area contributed by atoms with E-state index in [1.54, 1.807) is 0 Å². The molecule has 40 heavy (non-hydrogen) atoms. The third-order valence-electron chi connectivity index (χ3n) is 7.70. The van der Waals surface area contributed by atoms with Gasteiger partial charge in [-0.1, -0.05) is 84.9 Å². The second-order valence-corrected chi connectivity index (χ2v) is 10.6. The number of aryl methyl sites for hydroxylation is 4. The Morgan fingerprint density at radius 1 is 0.550 bits per heavy atom. The lowest BCUT2D eigenvalue weighted by molar-refractivity contribution is -0.140. The fraction of sp³-hybridized carbons (Fsp3) is 0.278. The molecular weight excluding hydrogens is 496 g/mol. The van der Waals surface area contributed by atoms with Crippen LogP contribution in [0.1, 0.15) is 58.3 Å². The standard InChI is InChI=1S/C36H36O4/c37-35(31-19-15-29(16-20-31)13-11-27-7-3-1-4-8-27)40-34-25-21-32(22-26-34)36(38)39-33-23-17-30(18-24-33)14-12-28-9-5-2-6-10-28/h1-10,15-20,23-24,32,34H,11-14,21-22,25-26H2. The van der Waals surface area contributed by atoms with E-state index in [1.807, 2.05) is 60.7 Å². The molecule has 0 spiro atoms. The van der Waals surface area contributed by atoms with Crippen molar-refractivity contribution >= 4 is 11.9 Å². The smallest absolute Gasteiger partial charge is 0.338 e. The average molecular weight is 533 g/mol. The minimum absolute atomic E-state index is 0.168. The van der Waals surface area contributed by atoms with Crippen LogP contribution in [0.4, 0.5) is 0 Å². The molecule has 1 saturated carbocycles. The van der Waals surface area contributed by atoms with Gasteiger partial charge < -0.3 is 9.47 Å². The summed E-state index contributed by atoms with van der Waals surface area (Å²) in [7, 11) is 0. The van der Waals surface area contributed by atoms with E-state index in [-0.39, 0.29) is 24.0 Å². The van der Waals surface area contributed by atoms with Gasteiger partial charge in [0.1, 0.15) is 11.9 Å². The highest BCUT2D eigenvalue weighted by atomic mass is 16.5. The quantitative estimate of drug-likeness (QED) is 0.156. The number of carbonyl (C=O) groups is 2. The Balaban J connectivity index is 1.02. The molecule has 0 heterocycles. The predicted molar refractivity (Wildman–Crippen MR) is 157 cm³/mol. The molecule has 4 nitrogen and oxygen atoms in total. The maximum absolute atomic E-state index is 12.8. The van der Waals surface area contributed by atoms with Crippen molar-refractivity contribution in [3.8, 4) is 5.75 Å². The van der Waals surface area contributed by atoms with Crippen molar-refractivity contribution in [1.29, 1.82) is 0 Å². The van der Waals surface area contributed by atoms with E-state index >= 15 is 0 Å². The lowest BCUT2D eigenvalue weighted by Gasteiger charge is -2.27. The molecule has 4 heteroatoms.